The zero-order chi connectivity index (χ0) is 20.8. The summed E-state index contributed by atoms with van der Waals surface area (Å²) in [7, 11) is 3.57. The summed E-state index contributed by atoms with van der Waals surface area (Å²) in [6.45, 7) is 1.47. The molecule has 156 valence electrons. The number of fused-ring (bicyclic) bond motifs is 2. The van der Waals surface area contributed by atoms with Crippen LogP contribution in [-0.4, -0.2) is 30.8 Å². The van der Waals surface area contributed by atoms with Crippen molar-refractivity contribution in [3.8, 4) is 0 Å². The van der Waals surface area contributed by atoms with Gasteiger partial charge in [0.1, 0.15) is 5.00 Å². The summed E-state index contributed by atoms with van der Waals surface area (Å²) < 4.78 is 28.3. The second kappa shape index (κ2) is 8.02. The van der Waals surface area contributed by atoms with E-state index in [1.165, 1.54) is 11.3 Å². The summed E-state index contributed by atoms with van der Waals surface area (Å²) in [5.74, 6) is 0. The third-order valence-electron chi connectivity index (χ3n) is 5.39. The molecule has 2 aromatic heterocycles. The van der Waals surface area contributed by atoms with E-state index in [1.807, 2.05) is 7.05 Å². The monoisotopic (exact) mass is 457 g/mol. The summed E-state index contributed by atoms with van der Waals surface area (Å²) in [6, 6.07) is -0.487. The smallest absolute Gasteiger partial charge is 0.320 e. The Balaban J connectivity index is 1.51. The van der Waals surface area contributed by atoms with Gasteiger partial charge in [-0.15, -0.1) is 22.7 Å². The van der Waals surface area contributed by atoms with Gasteiger partial charge >= 0.3 is 6.03 Å². The zero-order valence-electron chi connectivity index (χ0n) is 15.9. The molecule has 0 radical (unpaired) electrons. The lowest BCUT2D eigenvalue weighted by Crippen LogP contribution is -2.30. The molecule has 2 aromatic rings. The standard InChI is InChI=1S/C19H22F2N3O2PS2/c1-24-6-5-11-12(16(19(20,21)27)28-15(11)8-24)7-22-18(26)23-17-13(9-25)10-3-2-4-14(10)29-17/h9H,2-8,27H2,1H3,(H2,22,23,26). The number of alkyl halides is 2. The summed E-state index contributed by atoms with van der Waals surface area (Å²) in [5.41, 5.74) is -0.0217. The first-order valence-electron chi connectivity index (χ1n) is 9.41. The summed E-state index contributed by atoms with van der Waals surface area (Å²) >= 11 is 2.55. The van der Waals surface area contributed by atoms with Crippen molar-refractivity contribution in [2.45, 2.75) is 44.4 Å². The number of carbonyl (C=O) groups excluding carboxylic acids is 2. The van der Waals surface area contributed by atoms with E-state index in [2.05, 4.69) is 15.5 Å². The number of nitrogens with zero attached hydrogens (tertiary/aromatic N) is 1. The maximum Gasteiger partial charge on any atom is 0.320 e. The topological polar surface area (TPSA) is 61.4 Å². The van der Waals surface area contributed by atoms with E-state index in [-0.39, 0.29) is 11.4 Å². The fourth-order valence-corrected chi connectivity index (χ4v) is 6.95. The van der Waals surface area contributed by atoms with Gasteiger partial charge in [0.25, 0.3) is 5.66 Å². The number of anilines is 1. The van der Waals surface area contributed by atoms with E-state index in [9.17, 15) is 18.4 Å². The van der Waals surface area contributed by atoms with E-state index >= 15 is 0 Å². The lowest BCUT2D eigenvalue weighted by Gasteiger charge is -2.23. The number of hydrogen-bond donors (Lipinski definition) is 2. The highest BCUT2D eigenvalue weighted by molar-refractivity contribution is 7.21. The molecule has 1 unspecified atom stereocenters. The normalized spacial score (nSPS) is 16.4. The Labute approximate surface area is 178 Å². The number of thiophene rings is 2. The number of hydrogen-bond acceptors (Lipinski definition) is 5. The molecular formula is C19H22F2N3O2PS2. The molecule has 0 bridgehead atoms. The fraction of sp³-hybridized carbons (Fsp3) is 0.474. The van der Waals surface area contributed by atoms with Crippen LogP contribution < -0.4 is 10.6 Å². The molecule has 10 heteroatoms. The number of urea groups is 1. The molecule has 3 heterocycles. The van der Waals surface area contributed by atoms with Crippen molar-refractivity contribution in [2.24, 2.45) is 0 Å². The van der Waals surface area contributed by atoms with Crippen molar-refractivity contribution in [1.29, 1.82) is 0 Å². The van der Waals surface area contributed by atoms with Crippen LogP contribution in [-0.2, 0) is 38.0 Å². The number of aryl methyl sites for hydroxylation is 1. The van der Waals surface area contributed by atoms with E-state index < -0.39 is 11.7 Å². The second-order valence-electron chi connectivity index (χ2n) is 7.45. The molecule has 0 aromatic carbocycles. The van der Waals surface area contributed by atoms with Crippen molar-refractivity contribution < 1.29 is 18.4 Å². The average molecular weight is 458 g/mol. The molecular weight excluding hydrogens is 435 g/mol. The SMILES string of the molecule is CN1CCc2c(sc(C(F)(F)P)c2CNC(=O)Nc2sc3c(c2C=O)CCC3)C1. The summed E-state index contributed by atoms with van der Waals surface area (Å²) in [4.78, 5) is 28.1. The largest absolute Gasteiger partial charge is 0.334 e. The van der Waals surface area contributed by atoms with Gasteiger partial charge in [0.15, 0.2) is 6.29 Å². The van der Waals surface area contributed by atoms with Gasteiger partial charge in [-0.1, -0.05) is 9.24 Å². The van der Waals surface area contributed by atoms with Gasteiger partial charge in [0.05, 0.1) is 10.4 Å². The molecule has 0 spiro atoms. The van der Waals surface area contributed by atoms with Gasteiger partial charge in [-0.3, -0.25) is 10.1 Å². The molecule has 5 nitrogen and oxygen atoms in total. The number of halogens is 2. The molecule has 2 amide bonds. The number of aldehydes is 1. The van der Waals surface area contributed by atoms with Crippen LogP contribution in [0.2, 0.25) is 0 Å². The van der Waals surface area contributed by atoms with Crippen LogP contribution in [0.5, 0.6) is 0 Å². The number of carbonyl (C=O) groups is 2. The van der Waals surface area contributed by atoms with E-state index in [0.29, 0.717) is 29.1 Å². The van der Waals surface area contributed by atoms with Gasteiger partial charge in [-0.05, 0) is 49.4 Å². The van der Waals surface area contributed by atoms with Crippen molar-refractivity contribution >= 4 is 49.2 Å². The highest BCUT2D eigenvalue weighted by Gasteiger charge is 2.34. The number of nitrogens with one attached hydrogen (secondary N) is 2. The van der Waals surface area contributed by atoms with Gasteiger partial charge in [-0.2, -0.15) is 8.78 Å². The summed E-state index contributed by atoms with van der Waals surface area (Å²) in [6.07, 6.45) is 4.28. The summed E-state index contributed by atoms with van der Waals surface area (Å²) in [5, 5.41) is 5.99. The lowest BCUT2D eigenvalue weighted by molar-refractivity contribution is 0.107. The van der Waals surface area contributed by atoms with Crippen molar-refractivity contribution in [3.05, 3.63) is 36.9 Å². The number of likely N-dealkylation sites (N-methyl/N-ethyl adjacent to an activating group) is 1. The number of amides is 2. The minimum Gasteiger partial charge on any atom is -0.334 e. The van der Waals surface area contributed by atoms with E-state index in [0.717, 1.165) is 64.3 Å². The Hall–Kier alpha value is -1.41. The van der Waals surface area contributed by atoms with E-state index in [4.69, 9.17) is 0 Å². The Morgan fingerprint density at radius 3 is 2.76 bits per heavy atom. The highest BCUT2D eigenvalue weighted by atomic mass is 32.1. The molecule has 1 aliphatic carbocycles. The highest BCUT2D eigenvalue weighted by Crippen LogP contribution is 2.45. The predicted molar refractivity (Wildman–Crippen MR) is 116 cm³/mol. The average Bonchev–Trinajstić information content (AvgIpc) is 3.31. The Bertz CT molecular complexity index is 968. The molecule has 1 atom stereocenters. The Morgan fingerprint density at radius 1 is 1.24 bits per heavy atom. The molecule has 1 aliphatic heterocycles. The van der Waals surface area contributed by atoms with Crippen LogP contribution in [0.1, 0.15) is 48.1 Å². The van der Waals surface area contributed by atoms with Crippen LogP contribution in [0, 0.1) is 0 Å². The first-order chi connectivity index (χ1) is 13.8. The van der Waals surface area contributed by atoms with Crippen LogP contribution in [0.4, 0.5) is 18.6 Å². The van der Waals surface area contributed by atoms with Gasteiger partial charge in [0.2, 0.25) is 0 Å². The maximum atomic E-state index is 14.2. The van der Waals surface area contributed by atoms with Crippen molar-refractivity contribution in [3.63, 3.8) is 0 Å². The third kappa shape index (κ3) is 4.10. The van der Waals surface area contributed by atoms with Crippen LogP contribution in [0.15, 0.2) is 0 Å². The molecule has 2 N–H and O–H groups in total. The minimum atomic E-state index is -3.03. The van der Waals surface area contributed by atoms with Crippen LogP contribution >= 0.6 is 31.9 Å². The molecule has 4 rings (SSSR count). The molecule has 0 saturated heterocycles. The molecule has 29 heavy (non-hydrogen) atoms. The minimum absolute atomic E-state index is 0.00761. The second-order valence-corrected chi connectivity index (χ2v) is 10.4. The van der Waals surface area contributed by atoms with E-state index in [1.54, 1.807) is 9.24 Å². The van der Waals surface area contributed by atoms with Gasteiger partial charge < -0.3 is 10.2 Å². The predicted octanol–water partition coefficient (Wildman–Crippen LogP) is 4.34. The van der Waals surface area contributed by atoms with Crippen molar-refractivity contribution in [1.82, 2.24) is 10.2 Å². The molecule has 0 fully saturated rings. The fourth-order valence-electron chi connectivity index (χ4n) is 4.02. The third-order valence-corrected chi connectivity index (χ3v) is 8.46. The van der Waals surface area contributed by atoms with Gasteiger partial charge in [-0.25, -0.2) is 4.79 Å². The zero-order valence-corrected chi connectivity index (χ0v) is 18.7. The first-order valence-corrected chi connectivity index (χ1v) is 11.6. The van der Waals surface area contributed by atoms with Gasteiger partial charge in [0, 0.05) is 29.4 Å². The number of rotatable bonds is 5. The van der Waals surface area contributed by atoms with Crippen LogP contribution in [0.3, 0.4) is 0 Å². The quantitative estimate of drug-likeness (QED) is 0.519. The maximum absolute atomic E-state index is 14.2. The molecule has 2 aliphatic rings. The molecule has 0 saturated carbocycles. The van der Waals surface area contributed by atoms with Crippen molar-refractivity contribution in [2.75, 3.05) is 18.9 Å². The van der Waals surface area contributed by atoms with Crippen LogP contribution in [0.25, 0.3) is 0 Å². The Morgan fingerprint density at radius 2 is 2.03 bits per heavy atom. The first kappa shape index (κ1) is 20.8. The lowest BCUT2D eigenvalue weighted by atomic mass is 10.0. The Kier molecular flexibility index (Phi) is 5.77.